The van der Waals surface area contributed by atoms with E-state index in [1.165, 1.54) is 18.2 Å². The molecular formula is C15H17NO3. The molecule has 3 rings (SSSR count). The Kier molecular flexibility index (Phi) is 2.62. The van der Waals surface area contributed by atoms with Crippen LogP contribution < -0.4 is 0 Å². The first-order valence-corrected chi connectivity index (χ1v) is 6.53. The van der Waals surface area contributed by atoms with Gasteiger partial charge in [-0.1, -0.05) is 17.7 Å². The number of rotatable bonds is 2. The van der Waals surface area contributed by atoms with Gasteiger partial charge >= 0.3 is 5.97 Å². The number of aryl methyl sites for hydroxylation is 1. The second-order valence-electron chi connectivity index (χ2n) is 5.57. The Morgan fingerprint density at radius 1 is 1.42 bits per heavy atom. The van der Waals surface area contributed by atoms with Crippen LogP contribution in [0.15, 0.2) is 18.2 Å². The van der Waals surface area contributed by atoms with Crippen LogP contribution in [0.3, 0.4) is 0 Å². The zero-order chi connectivity index (χ0) is 13.6. The number of amides is 1. The van der Waals surface area contributed by atoms with E-state index in [0.29, 0.717) is 6.54 Å². The van der Waals surface area contributed by atoms with Gasteiger partial charge in [-0.15, -0.1) is 0 Å². The molecule has 4 heteroatoms. The zero-order valence-corrected chi connectivity index (χ0v) is 11.2. The first-order valence-electron chi connectivity index (χ1n) is 6.53. The number of hydrogen-bond acceptors (Lipinski definition) is 3. The maximum absolute atomic E-state index is 12.4. The van der Waals surface area contributed by atoms with Crippen molar-refractivity contribution in [1.82, 2.24) is 4.90 Å². The van der Waals surface area contributed by atoms with Crippen LogP contribution in [0.1, 0.15) is 34.3 Å². The van der Waals surface area contributed by atoms with Crippen LogP contribution in [0.25, 0.3) is 0 Å². The van der Waals surface area contributed by atoms with Crippen molar-refractivity contribution in [2.24, 2.45) is 0 Å². The summed E-state index contributed by atoms with van der Waals surface area (Å²) in [5.41, 5.74) is 3.18. The van der Waals surface area contributed by atoms with Gasteiger partial charge in [0.1, 0.15) is 6.54 Å². The molecular weight excluding hydrogens is 242 g/mol. The topological polar surface area (TPSA) is 46.6 Å². The largest absolute Gasteiger partial charge is 0.468 e. The van der Waals surface area contributed by atoms with Crippen LogP contribution in [0.5, 0.6) is 0 Å². The first kappa shape index (κ1) is 12.2. The lowest BCUT2D eigenvalue weighted by Crippen LogP contribution is -2.46. The Bertz CT molecular complexity index is 561. The summed E-state index contributed by atoms with van der Waals surface area (Å²) in [4.78, 5) is 25.4. The Balaban J connectivity index is 1.97. The second-order valence-corrected chi connectivity index (χ2v) is 5.57. The van der Waals surface area contributed by atoms with E-state index in [1.54, 1.807) is 4.90 Å². The lowest BCUT2D eigenvalue weighted by Gasteiger charge is -2.34. The van der Waals surface area contributed by atoms with E-state index in [9.17, 15) is 9.59 Å². The summed E-state index contributed by atoms with van der Waals surface area (Å²) >= 11 is 0. The lowest BCUT2D eigenvalue weighted by molar-refractivity contribution is -0.141. The van der Waals surface area contributed by atoms with Crippen LogP contribution in [0.2, 0.25) is 0 Å². The third-order valence-corrected chi connectivity index (χ3v) is 4.16. The van der Waals surface area contributed by atoms with Gasteiger partial charge < -0.3 is 9.64 Å². The van der Waals surface area contributed by atoms with Crippen LogP contribution in [-0.4, -0.2) is 37.0 Å². The molecule has 0 saturated heterocycles. The van der Waals surface area contributed by atoms with Crippen molar-refractivity contribution in [2.75, 3.05) is 20.2 Å². The van der Waals surface area contributed by atoms with Gasteiger partial charge in [-0.05, 0) is 31.4 Å². The Morgan fingerprint density at radius 2 is 2.16 bits per heavy atom. The number of ether oxygens (including phenoxy) is 1. The molecule has 1 aliphatic heterocycles. The lowest BCUT2D eigenvalue weighted by atomic mass is 9.85. The molecule has 1 fully saturated rings. The Hall–Kier alpha value is -1.84. The van der Waals surface area contributed by atoms with Crippen molar-refractivity contribution in [3.05, 3.63) is 34.9 Å². The fourth-order valence-electron chi connectivity index (χ4n) is 2.90. The van der Waals surface area contributed by atoms with E-state index in [2.05, 4.69) is 10.8 Å². The van der Waals surface area contributed by atoms with E-state index in [-0.39, 0.29) is 23.8 Å². The number of esters is 1. The number of hydrogen-bond donors (Lipinski definition) is 0. The molecule has 4 nitrogen and oxygen atoms in total. The monoisotopic (exact) mass is 259 g/mol. The van der Waals surface area contributed by atoms with E-state index in [1.807, 2.05) is 19.1 Å². The fourth-order valence-corrected chi connectivity index (χ4v) is 2.90. The summed E-state index contributed by atoms with van der Waals surface area (Å²) < 4.78 is 4.66. The highest BCUT2D eigenvalue weighted by Crippen LogP contribution is 2.52. The molecule has 1 aliphatic carbocycles. The second kappa shape index (κ2) is 4.08. The van der Waals surface area contributed by atoms with Crippen LogP contribution in [0, 0.1) is 6.92 Å². The molecule has 0 bridgehead atoms. The summed E-state index contributed by atoms with van der Waals surface area (Å²) in [6, 6.07) is 5.96. The maximum Gasteiger partial charge on any atom is 0.325 e. The molecule has 1 aromatic carbocycles. The quantitative estimate of drug-likeness (QED) is 0.759. The average molecular weight is 259 g/mol. The normalized spacial score (nSPS) is 19.3. The van der Waals surface area contributed by atoms with Gasteiger partial charge in [0.15, 0.2) is 0 Å². The molecule has 1 heterocycles. The molecule has 1 aromatic rings. The van der Waals surface area contributed by atoms with Crippen molar-refractivity contribution in [2.45, 2.75) is 25.2 Å². The zero-order valence-electron chi connectivity index (χ0n) is 11.2. The number of benzene rings is 1. The van der Waals surface area contributed by atoms with Gasteiger partial charge in [0.2, 0.25) is 0 Å². The number of fused-ring (bicyclic) bond motifs is 2. The van der Waals surface area contributed by atoms with Gasteiger partial charge in [-0.2, -0.15) is 0 Å². The molecule has 19 heavy (non-hydrogen) atoms. The summed E-state index contributed by atoms with van der Waals surface area (Å²) in [7, 11) is 1.35. The van der Waals surface area contributed by atoms with Crippen LogP contribution >= 0.6 is 0 Å². The maximum atomic E-state index is 12.4. The van der Waals surface area contributed by atoms with Crippen molar-refractivity contribution in [3.63, 3.8) is 0 Å². The fraction of sp³-hybridized carbons (Fsp3) is 0.467. The molecule has 0 N–H and O–H groups in total. The van der Waals surface area contributed by atoms with Gasteiger partial charge in [0.25, 0.3) is 5.91 Å². The minimum atomic E-state index is -0.361. The third-order valence-electron chi connectivity index (χ3n) is 4.16. The predicted molar refractivity (Wildman–Crippen MR) is 70.0 cm³/mol. The average Bonchev–Trinajstić information content (AvgIpc) is 3.16. The van der Waals surface area contributed by atoms with Crippen LogP contribution in [-0.2, 0) is 14.9 Å². The van der Waals surface area contributed by atoms with E-state index in [4.69, 9.17) is 0 Å². The number of carbonyl (C=O) groups excluding carboxylic acids is 2. The van der Waals surface area contributed by atoms with Gasteiger partial charge in [0, 0.05) is 17.5 Å². The molecule has 0 radical (unpaired) electrons. The molecule has 0 unspecified atom stereocenters. The highest BCUT2D eigenvalue weighted by molar-refractivity contribution is 5.99. The predicted octanol–water partition coefficient (Wildman–Crippen LogP) is 1.66. The smallest absolute Gasteiger partial charge is 0.325 e. The summed E-state index contributed by atoms with van der Waals surface area (Å²) in [5, 5.41) is 0. The molecule has 0 atom stereocenters. The minimum absolute atomic E-state index is 0.0460. The Labute approximate surface area is 112 Å². The molecule has 1 amide bonds. The van der Waals surface area contributed by atoms with Gasteiger partial charge in [0.05, 0.1) is 7.11 Å². The standard InChI is InChI=1S/C15H17NO3/c1-10-3-4-11-12(7-10)15(5-6-15)9-16(14(11)18)8-13(17)19-2/h3-4,7H,5-6,8-9H2,1-2H3. The highest BCUT2D eigenvalue weighted by atomic mass is 16.5. The van der Waals surface area contributed by atoms with Crippen molar-refractivity contribution >= 4 is 11.9 Å². The van der Waals surface area contributed by atoms with Gasteiger partial charge in [-0.3, -0.25) is 9.59 Å². The minimum Gasteiger partial charge on any atom is -0.468 e. The Morgan fingerprint density at radius 3 is 2.79 bits per heavy atom. The van der Waals surface area contributed by atoms with Crippen molar-refractivity contribution in [1.29, 1.82) is 0 Å². The van der Waals surface area contributed by atoms with E-state index in [0.717, 1.165) is 18.4 Å². The molecule has 1 spiro atoms. The molecule has 0 aromatic heterocycles. The van der Waals surface area contributed by atoms with Crippen LogP contribution in [0.4, 0.5) is 0 Å². The molecule has 100 valence electrons. The number of methoxy groups -OCH3 is 1. The molecule has 1 saturated carbocycles. The summed E-state index contributed by atoms with van der Waals surface area (Å²) in [6.07, 6.45) is 2.18. The van der Waals surface area contributed by atoms with E-state index < -0.39 is 0 Å². The van der Waals surface area contributed by atoms with Crippen molar-refractivity contribution in [3.8, 4) is 0 Å². The number of nitrogens with zero attached hydrogens (tertiary/aromatic N) is 1. The first-order chi connectivity index (χ1) is 9.05. The molecule has 2 aliphatic rings. The summed E-state index contributed by atoms with van der Waals surface area (Å²) in [6.45, 7) is 2.73. The van der Waals surface area contributed by atoms with E-state index >= 15 is 0 Å². The third kappa shape index (κ3) is 1.91. The highest BCUT2D eigenvalue weighted by Gasteiger charge is 2.51. The SMILES string of the molecule is COC(=O)CN1CC2(CC2)c2cc(C)ccc2C1=O. The van der Waals surface area contributed by atoms with Crippen molar-refractivity contribution < 1.29 is 14.3 Å². The summed E-state index contributed by atoms with van der Waals surface area (Å²) in [5.74, 6) is -0.419. The van der Waals surface area contributed by atoms with Gasteiger partial charge in [-0.25, -0.2) is 0 Å². The number of carbonyl (C=O) groups is 2.